The topological polar surface area (TPSA) is 35.5 Å². The molecule has 0 aromatic carbocycles. The van der Waals surface area contributed by atoms with Gasteiger partial charge in [-0.05, 0) is 25.2 Å². The summed E-state index contributed by atoms with van der Waals surface area (Å²) in [6.45, 7) is 3.62. The molecule has 76 valence electrons. The first-order valence-electron chi connectivity index (χ1n) is 4.89. The van der Waals surface area contributed by atoms with E-state index in [2.05, 4.69) is 4.74 Å². The molecule has 0 spiro atoms. The van der Waals surface area contributed by atoms with Crippen LogP contribution in [0.1, 0.15) is 26.2 Å². The van der Waals surface area contributed by atoms with Crippen LogP contribution in [0.15, 0.2) is 0 Å². The lowest BCUT2D eigenvalue weighted by Gasteiger charge is -2.23. The summed E-state index contributed by atoms with van der Waals surface area (Å²) in [6.07, 6.45) is 3.11. The molecule has 13 heavy (non-hydrogen) atoms. The Balaban J connectivity index is 2.25. The molecule has 0 N–H and O–H groups in total. The van der Waals surface area contributed by atoms with Crippen molar-refractivity contribution in [3.63, 3.8) is 0 Å². The van der Waals surface area contributed by atoms with Crippen molar-refractivity contribution in [1.82, 2.24) is 0 Å². The van der Waals surface area contributed by atoms with Gasteiger partial charge in [-0.15, -0.1) is 0 Å². The monoisotopic (exact) mass is 186 g/mol. The molecule has 3 nitrogen and oxygen atoms in total. The van der Waals surface area contributed by atoms with E-state index >= 15 is 0 Å². The van der Waals surface area contributed by atoms with Crippen LogP contribution in [0.3, 0.4) is 0 Å². The van der Waals surface area contributed by atoms with Crippen LogP contribution in [-0.2, 0) is 14.3 Å². The summed E-state index contributed by atoms with van der Waals surface area (Å²) in [5.74, 6) is 0.586. The quantitative estimate of drug-likeness (QED) is 0.628. The van der Waals surface area contributed by atoms with Gasteiger partial charge in [0.25, 0.3) is 0 Å². The molecule has 0 aromatic heterocycles. The third-order valence-electron chi connectivity index (χ3n) is 2.63. The first-order chi connectivity index (χ1) is 6.24. The van der Waals surface area contributed by atoms with Crippen LogP contribution in [0.2, 0.25) is 0 Å². The van der Waals surface area contributed by atoms with Gasteiger partial charge in [-0.25, -0.2) is 0 Å². The Morgan fingerprint density at radius 1 is 1.54 bits per heavy atom. The molecule has 0 radical (unpaired) electrons. The molecule has 1 fully saturated rings. The minimum Gasteiger partial charge on any atom is -0.469 e. The molecule has 1 atom stereocenters. The minimum atomic E-state index is -0.0912. The predicted octanol–water partition coefficient (Wildman–Crippen LogP) is 1.61. The number of rotatable bonds is 3. The zero-order valence-corrected chi connectivity index (χ0v) is 8.41. The van der Waals surface area contributed by atoms with Crippen LogP contribution >= 0.6 is 0 Å². The molecule has 1 saturated heterocycles. The van der Waals surface area contributed by atoms with Gasteiger partial charge in [0.2, 0.25) is 0 Å². The number of ether oxygens (including phenoxy) is 2. The van der Waals surface area contributed by atoms with Crippen molar-refractivity contribution < 1.29 is 14.3 Å². The molecule has 0 aliphatic carbocycles. The fourth-order valence-electron chi connectivity index (χ4n) is 1.78. The maximum absolute atomic E-state index is 11.1. The molecule has 1 rings (SSSR count). The number of hydrogen-bond donors (Lipinski definition) is 0. The van der Waals surface area contributed by atoms with E-state index in [4.69, 9.17) is 4.74 Å². The van der Waals surface area contributed by atoms with E-state index in [-0.39, 0.29) is 11.9 Å². The van der Waals surface area contributed by atoms with Crippen molar-refractivity contribution in [3.05, 3.63) is 0 Å². The zero-order valence-electron chi connectivity index (χ0n) is 8.41. The fourth-order valence-corrected chi connectivity index (χ4v) is 1.78. The lowest BCUT2D eigenvalue weighted by molar-refractivity contribution is -0.145. The van der Waals surface area contributed by atoms with Gasteiger partial charge in [0.15, 0.2) is 0 Å². The third-order valence-corrected chi connectivity index (χ3v) is 2.63. The van der Waals surface area contributed by atoms with Crippen molar-refractivity contribution in [3.8, 4) is 0 Å². The van der Waals surface area contributed by atoms with Gasteiger partial charge in [-0.1, -0.05) is 6.92 Å². The molecule has 0 aromatic rings. The predicted molar refractivity (Wildman–Crippen MR) is 49.3 cm³/mol. The summed E-state index contributed by atoms with van der Waals surface area (Å²) in [7, 11) is 1.45. The Morgan fingerprint density at radius 2 is 2.15 bits per heavy atom. The molecular formula is C10H18O3. The second-order valence-corrected chi connectivity index (χ2v) is 3.72. The van der Waals surface area contributed by atoms with Gasteiger partial charge < -0.3 is 9.47 Å². The van der Waals surface area contributed by atoms with E-state index in [1.54, 1.807) is 0 Å². The lowest BCUT2D eigenvalue weighted by Crippen LogP contribution is -2.21. The maximum atomic E-state index is 11.1. The largest absolute Gasteiger partial charge is 0.469 e. The summed E-state index contributed by atoms with van der Waals surface area (Å²) in [6, 6.07) is 0. The van der Waals surface area contributed by atoms with Crippen molar-refractivity contribution >= 4 is 5.97 Å². The smallest absolute Gasteiger partial charge is 0.308 e. The average molecular weight is 186 g/mol. The Bertz CT molecular complexity index is 162. The number of carbonyl (C=O) groups is 1. The number of esters is 1. The number of carbonyl (C=O) groups excluding carboxylic acids is 1. The van der Waals surface area contributed by atoms with Gasteiger partial charge in [0.05, 0.1) is 13.0 Å². The zero-order chi connectivity index (χ0) is 9.68. The average Bonchev–Trinajstić information content (AvgIpc) is 2.18. The highest BCUT2D eigenvalue weighted by Crippen LogP contribution is 2.23. The van der Waals surface area contributed by atoms with Crippen LogP contribution in [0.25, 0.3) is 0 Å². The summed E-state index contributed by atoms with van der Waals surface area (Å²) < 4.78 is 9.94. The van der Waals surface area contributed by atoms with Gasteiger partial charge >= 0.3 is 5.97 Å². The highest BCUT2D eigenvalue weighted by Gasteiger charge is 2.21. The number of methoxy groups -OCH3 is 1. The number of hydrogen-bond acceptors (Lipinski definition) is 3. The molecule has 0 unspecified atom stereocenters. The Hall–Kier alpha value is -0.570. The molecule has 1 aliphatic heterocycles. The van der Waals surface area contributed by atoms with Crippen molar-refractivity contribution in [1.29, 1.82) is 0 Å². The summed E-state index contributed by atoms with van der Waals surface area (Å²) >= 11 is 0. The SMILES string of the molecule is COC(=O)[C@H](C)CC1CCOCC1. The van der Waals surface area contributed by atoms with Gasteiger partial charge in [0.1, 0.15) is 0 Å². The minimum absolute atomic E-state index is 0.0353. The Morgan fingerprint density at radius 3 is 2.69 bits per heavy atom. The first-order valence-corrected chi connectivity index (χ1v) is 4.89. The lowest BCUT2D eigenvalue weighted by atomic mass is 9.90. The van der Waals surface area contributed by atoms with E-state index < -0.39 is 0 Å². The molecule has 0 bridgehead atoms. The Labute approximate surface area is 79.4 Å². The normalized spacial score (nSPS) is 21.1. The van der Waals surface area contributed by atoms with Crippen molar-refractivity contribution in [2.24, 2.45) is 11.8 Å². The summed E-state index contributed by atoms with van der Waals surface area (Å²) in [5.41, 5.74) is 0. The van der Waals surface area contributed by atoms with Gasteiger partial charge in [-0.3, -0.25) is 4.79 Å². The van der Waals surface area contributed by atoms with E-state index in [9.17, 15) is 4.79 Å². The van der Waals surface area contributed by atoms with E-state index in [0.717, 1.165) is 32.5 Å². The molecule has 0 amide bonds. The van der Waals surface area contributed by atoms with Crippen molar-refractivity contribution in [2.45, 2.75) is 26.2 Å². The fraction of sp³-hybridized carbons (Fsp3) is 0.900. The summed E-state index contributed by atoms with van der Waals surface area (Å²) in [4.78, 5) is 11.1. The standard InChI is InChI=1S/C10H18O3/c1-8(10(11)12-2)7-9-3-5-13-6-4-9/h8-9H,3-7H2,1-2H3/t8-/m1/s1. The first kappa shape index (κ1) is 10.5. The maximum Gasteiger partial charge on any atom is 0.308 e. The van der Waals surface area contributed by atoms with Crippen molar-refractivity contribution in [2.75, 3.05) is 20.3 Å². The molecule has 0 saturated carbocycles. The van der Waals surface area contributed by atoms with E-state index in [1.165, 1.54) is 7.11 Å². The van der Waals surface area contributed by atoms with Gasteiger partial charge in [0, 0.05) is 13.2 Å². The molecule has 3 heteroatoms. The van der Waals surface area contributed by atoms with E-state index in [0.29, 0.717) is 5.92 Å². The van der Waals surface area contributed by atoms with Crippen LogP contribution < -0.4 is 0 Å². The van der Waals surface area contributed by atoms with Gasteiger partial charge in [-0.2, -0.15) is 0 Å². The van der Waals surface area contributed by atoms with Crippen LogP contribution in [0.5, 0.6) is 0 Å². The second-order valence-electron chi connectivity index (χ2n) is 3.72. The second kappa shape index (κ2) is 5.22. The van der Waals surface area contributed by atoms with Crippen LogP contribution in [0.4, 0.5) is 0 Å². The van der Waals surface area contributed by atoms with Crippen LogP contribution in [0, 0.1) is 11.8 Å². The van der Waals surface area contributed by atoms with Crippen LogP contribution in [-0.4, -0.2) is 26.3 Å². The molecular weight excluding hydrogens is 168 g/mol. The highest BCUT2D eigenvalue weighted by atomic mass is 16.5. The Kier molecular flexibility index (Phi) is 4.22. The highest BCUT2D eigenvalue weighted by molar-refractivity contribution is 5.71. The molecule has 1 aliphatic rings. The third kappa shape index (κ3) is 3.35. The summed E-state index contributed by atoms with van der Waals surface area (Å²) in [5, 5.41) is 0. The van der Waals surface area contributed by atoms with E-state index in [1.807, 2.05) is 6.92 Å². The molecule has 1 heterocycles.